The van der Waals surface area contributed by atoms with Crippen LogP contribution in [-0.2, 0) is 32.1 Å². The minimum atomic E-state index is -0.852. The Kier molecular flexibility index (Phi) is 14.6. The molecule has 3 amide bonds. The quantitative estimate of drug-likeness (QED) is 0.0762. The fourth-order valence-corrected chi connectivity index (χ4v) is 4.81. The van der Waals surface area contributed by atoms with Crippen LogP contribution in [0.2, 0.25) is 0 Å². The minimum absolute atomic E-state index is 0.00396. The number of esters is 1. The Morgan fingerprint density at radius 3 is 2.25 bits per heavy atom. The molecule has 3 rings (SSSR count). The molecule has 0 fully saturated rings. The van der Waals surface area contributed by atoms with Crippen molar-refractivity contribution in [3.63, 3.8) is 0 Å². The number of ether oxygens (including phenoxy) is 2. The number of carbonyl (C=O) groups is 3. The van der Waals surface area contributed by atoms with Crippen molar-refractivity contribution in [2.24, 2.45) is 11.8 Å². The van der Waals surface area contributed by atoms with Gasteiger partial charge in [-0.3, -0.25) is 20.1 Å². The van der Waals surface area contributed by atoms with Crippen LogP contribution < -0.4 is 20.4 Å². The zero-order valence-corrected chi connectivity index (χ0v) is 28.3. The Morgan fingerprint density at radius 2 is 1.60 bits per heavy atom. The normalized spacial score (nSPS) is 11.1. The van der Waals surface area contributed by atoms with E-state index in [1.165, 1.54) is 13.2 Å². The molecule has 1 aromatic heterocycles. The third-order valence-corrected chi connectivity index (χ3v) is 6.95. The molecule has 0 aliphatic heterocycles. The third-order valence-electron chi connectivity index (χ3n) is 6.95. The van der Waals surface area contributed by atoms with Crippen molar-refractivity contribution in [1.29, 1.82) is 0 Å². The van der Waals surface area contributed by atoms with E-state index in [1.807, 2.05) is 49.4 Å². The number of amides is 3. The number of aryl methyl sites for hydroxylation is 2. The number of urea groups is 1. The number of nitrogens with zero attached hydrogens (tertiary/aromatic N) is 4. The summed E-state index contributed by atoms with van der Waals surface area (Å²) in [5.74, 6) is 0.344. The number of pyridine rings is 1. The Labute approximate surface area is 281 Å². The number of rotatable bonds is 16. The van der Waals surface area contributed by atoms with E-state index < -0.39 is 24.2 Å². The van der Waals surface area contributed by atoms with Crippen LogP contribution in [0.1, 0.15) is 50.8 Å². The lowest BCUT2D eigenvalue weighted by molar-refractivity contribution is -0.497. The van der Waals surface area contributed by atoms with Crippen LogP contribution in [-0.4, -0.2) is 65.8 Å². The molecule has 0 spiro atoms. The van der Waals surface area contributed by atoms with Crippen LogP contribution in [0.4, 0.5) is 32.5 Å². The van der Waals surface area contributed by atoms with Gasteiger partial charge in [-0.2, -0.15) is 0 Å². The van der Waals surface area contributed by atoms with Crippen molar-refractivity contribution in [3.05, 3.63) is 77.5 Å². The van der Waals surface area contributed by atoms with Crippen molar-refractivity contribution in [2.45, 2.75) is 54.1 Å². The maximum atomic E-state index is 13.1. The smallest absolute Gasteiger partial charge is 0.418 e. The van der Waals surface area contributed by atoms with Gasteiger partial charge in [0.2, 0.25) is 6.79 Å². The number of hydrogen-bond donors (Lipinski definition) is 4. The van der Waals surface area contributed by atoms with Crippen LogP contribution in [0.3, 0.4) is 0 Å². The maximum Gasteiger partial charge on any atom is 0.418 e. The van der Waals surface area contributed by atoms with E-state index in [0.717, 1.165) is 34.8 Å². The van der Waals surface area contributed by atoms with Gasteiger partial charge >= 0.3 is 18.1 Å². The van der Waals surface area contributed by atoms with Crippen molar-refractivity contribution < 1.29 is 39.1 Å². The summed E-state index contributed by atoms with van der Waals surface area (Å²) in [4.78, 5) is 50.2. The predicted molar refractivity (Wildman–Crippen MR) is 181 cm³/mol. The number of carbonyl (C=O) groups excluding carboxylic acids is 3. The van der Waals surface area contributed by atoms with Gasteiger partial charge in [-0.1, -0.05) is 57.5 Å². The first-order chi connectivity index (χ1) is 22.8. The highest BCUT2D eigenvalue weighted by Gasteiger charge is 2.20. The molecule has 1 heterocycles. The summed E-state index contributed by atoms with van der Waals surface area (Å²) >= 11 is 0. The monoisotopic (exact) mass is 666 g/mol. The van der Waals surface area contributed by atoms with Crippen LogP contribution in [0.15, 0.2) is 60.8 Å². The second kappa shape index (κ2) is 18.5. The largest absolute Gasteiger partial charge is 0.428 e. The molecule has 0 radical (unpaired) electrons. The standard InChI is InChI=1S/C34H46N6O8/c1-23(2)19-39(20-24(3)4)30-15-11-26(18-29(30)37-33(42)36-28-13-9-25(5)10-14-28)12-16-31(41)46-22-47-34(43)38(6)32-27(8-7-17-35-32)21-48-40(44)45/h7-11,13-15,17-18,23-24,44-45H,12,16,19-22H2,1-6H3,(H2,36,37,42). The molecule has 0 saturated heterocycles. The summed E-state index contributed by atoms with van der Waals surface area (Å²) in [7, 11) is 1.39. The fraction of sp³-hybridized carbons (Fsp3) is 0.412. The van der Waals surface area contributed by atoms with E-state index >= 15 is 0 Å². The van der Waals surface area contributed by atoms with E-state index in [0.29, 0.717) is 35.2 Å². The zero-order chi connectivity index (χ0) is 35.2. The molecule has 4 N–H and O–H groups in total. The first kappa shape index (κ1) is 37.7. The molecule has 0 bridgehead atoms. The molecule has 260 valence electrons. The third kappa shape index (κ3) is 12.4. The topological polar surface area (TPSA) is 166 Å². The molecular formula is C34H46N6O8. The highest BCUT2D eigenvalue weighted by atomic mass is 17.1. The van der Waals surface area contributed by atoms with Gasteiger partial charge in [0, 0.05) is 44.0 Å². The van der Waals surface area contributed by atoms with Gasteiger partial charge in [0.25, 0.3) is 0 Å². The van der Waals surface area contributed by atoms with E-state index in [9.17, 15) is 14.4 Å². The van der Waals surface area contributed by atoms with Crippen LogP contribution >= 0.6 is 0 Å². The Hall–Kier alpha value is -4.76. The van der Waals surface area contributed by atoms with E-state index in [1.54, 1.807) is 12.1 Å². The Bertz CT molecular complexity index is 1490. The van der Waals surface area contributed by atoms with Crippen molar-refractivity contribution in [2.75, 3.05) is 47.4 Å². The molecule has 48 heavy (non-hydrogen) atoms. The van der Waals surface area contributed by atoms with Crippen LogP contribution in [0.25, 0.3) is 0 Å². The van der Waals surface area contributed by atoms with Gasteiger partial charge in [-0.05, 0) is 61.1 Å². The summed E-state index contributed by atoms with van der Waals surface area (Å²) in [6.07, 6.45) is 0.910. The van der Waals surface area contributed by atoms with Crippen molar-refractivity contribution in [3.8, 4) is 0 Å². The summed E-state index contributed by atoms with van der Waals surface area (Å²) in [5, 5.41) is 23.0. The number of aromatic nitrogens is 1. The van der Waals surface area contributed by atoms with Crippen molar-refractivity contribution >= 4 is 41.0 Å². The molecule has 0 saturated carbocycles. The molecule has 0 aliphatic rings. The molecule has 14 heteroatoms. The molecule has 0 aliphatic carbocycles. The summed E-state index contributed by atoms with van der Waals surface area (Å²) < 4.78 is 10.2. The molecule has 0 atom stereocenters. The fourth-order valence-electron chi connectivity index (χ4n) is 4.81. The van der Waals surface area contributed by atoms with Crippen LogP contribution in [0, 0.1) is 18.8 Å². The van der Waals surface area contributed by atoms with Crippen molar-refractivity contribution in [1.82, 2.24) is 10.4 Å². The maximum absolute atomic E-state index is 13.1. The number of anilines is 4. The predicted octanol–water partition coefficient (Wildman–Crippen LogP) is 6.37. The van der Waals surface area contributed by atoms with Gasteiger partial charge in [0.05, 0.1) is 16.8 Å². The highest BCUT2D eigenvalue weighted by Crippen LogP contribution is 2.30. The molecule has 3 aromatic rings. The average Bonchev–Trinajstić information content (AvgIpc) is 3.03. The number of nitrogens with one attached hydrogen (secondary N) is 2. The molecule has 2 aromatic carbocycles. The lowest BCUT2D eigenvalue weighted by Gasteiger charge is -2.30. The second-order valence-electron chi connectivity index (χ2n) is 12.1. The minimum Gasteiger partial charge on any atom is -0.428 e. The van der Waals surface area contributed by atoms with Gasteiger partial charge in [0.15, 0.2) is 0 Å². The van der Waals surface area contributed by atoms with Crippen LogP contribution in [0.5, 0.6) is 0 Å². The SMILES string of the molecule is Cc1ccc(NC(=O)Nc2cc(CCC(=O)OCOC(=O)N(C)c3ncccc3CON(O)O)ccc2N(CC(C)C)CC(C)C)cc1. The first-order valence-electron chi connectivity index (χ1n) is 15.7. The Balaban J connectivity index is 1.63. The second-order valence-corrected chi connectivity index (χ2v) is 12.1. The van der Waals surface area contributed by atoms with Gasteiger partial charge < -0.3 is 25.0 Å². The molecular weight excluding hydrogens is 620 g/mol. The van der Waals surface area contributed by atoms with E-state index in [2.05, 4.69) is 53.1 Å². The summed E-state index contributed by atoms with van der Waals surface area (Å²) in [5.41, 5.74) is 4.43. The lowest BCUT2D eigenvalue weighted by atomic mass is 10.1. The first-order valence-corrected chi connectivity index (χ1v) is 15.7. The molecule has 0 unspecified atom stereocenters. The number of benzene rings is 2. The van der Waals surface area contributed by atoms with Gasteiger partial charge in [0.1, 0.15) is 12.4 Å². The lowest BCUT2D eigenvalue weighted by Crippen LogP contribution is -2.32. The van der Waals surface area contributed by atoms with E-state index in [-0.39, 0.29) is 24.9 Å². The summed E-state index contributed by atoms with van der Waals surface area (Å²) in [6.45, 7) is 11.3. The Morgan fingerprint density at radius 1 is 0.917 bits per heavy atom. The zero-order valence-electron chi connectivity index (χ0n) is 28.3. The number of hydrogen-bond acceptors (Lipinski definition) is 11. The highest BCUT2D eigenvalue weighted by molar-refractivity contribution is 6.02. The van der Waals surface area contributed by atoms with E-state index in [4.69, 9.17) is 19.9 Å². The van der Waals surface area contributed by atoms with Gasteiger partial charge in [-0.25, -0.2) is 19.4 Å². The average molecular weight is 667 g/mol. The molecule has 14 nitrogen and oxygen atoms in total. The van der Waals surface area contributed by atoms with Gasteiger partial charge in [-0.15, -0.1) is 0 Å². The summed E-state index contributed by atoms with van der Waals surface area (Å²) in [6, 6.07) is 16.0.